The van der Waals surface area contributed by atoms with E-state index in [0.29, 0.717) is 34.6 Å². The standard InChI is InChI=1S/C14H18ClNO2Si.C10H9ClO2/c1-19(2,3)18-13(9-16)12-8-11(15)7-10-5-4-6-17-14(10)12;11-9-4-7-2-1-3-13-10(7)8(5-9)6-12/h7-8,13H,4-6H2,1-3H3;4-6H,1-3H2. The molecule has 2 heterocycles. The van der Waals surface area contributed by atoms with Gasteiger partial charge in [-0.3, -0.25) is 4.79 Å². The summed E-state index contributed by atoms with van der Waals surface area (Å²) in [5.41, 5.74) is 3.45. The van der Waals surface area contributed by atoms with Crippen LogP contribution in [0.4, 0.5) is 0 Å². The molecule has 1 unspecified atom stereocenters. The summed E-state index contributed by atoms with van der Waals surface area (Å²) in [5.74, 6) is 1.51. The molecule has 0 saturated carbocycles. The van der Waals surface area contributed by atoms with Crippen LogP contribution in [0.2, 0.25) is 29.7 Å². The summed E-state index contributed by atoms with van der Waals surface area (Å²) in [6.07, 6.45) is 4.04. The van der Waals surface area contributed by atoms with E-state index in [4.69, 9.17) is 37.1 Å². The molecule has 170 valence electrons. The maximum Gasteiger partial charge on any atom is 0.186 e. The molecule has 0 radical (unpaired) electrons. The topological polar surface area (TPSA) is 68.5 Å². The van der Waals surface area contributed by atoms with E-state index in [1.165, 1.54) is 0 Å². The molecule has 0 fully saturated rings. The van der Waals surface area contributed by atoms with E-state index in [1.807, 2.05) is 12.1 Å². The Bertz CT molecular complexity index is 1030. The number of hydrogen-bond donors (Lipinski definition) is 0. The first kappa shape index (κ1) is 24.6. The molecule has 2 aromatic carbocycles. The number of aldehydes is 1. The molecule has 2 aliphatic heterocycles. The normalized spacial score (nSPS) is 15.5. The number of rotatable bonds is 4. The Kier molecular flexibility index (Phi) is 8.24. The molecule has 0 saturated heterocycles. The van der Waals surface area contributed by atoms with Gasteiger partial charge in [0.1, 0.15) is 11.5 Å². The number of halogens is 2. The van der Waals surface area contributed by atoms with E-state index < -0.39 is 14.4 Å². The molecule has 2 aromatic rings. The number of carbonyl (C=O) groups excluding carboxylic acids is 1. The van der Waals surface area contributed by atoms with E-state index in [-0.39, 0.29) is 0 Å². The third kappa shape index (κ3) is 6.26. The Morgan fingerprint density at radius 1 is 1.00 bits per heavy atom. The fraction of sp³-hybridized carbons (Fsp3) is 0.417. The van der Waals surface area contributed by atoms with Gasteiger partial charge in [-0.1, -0.05) is 23.2 Å². The molecule has 0 spiro atoms. The third-order valence-electron chi connectivity index (χ3n) is 4.99. The molecule has 0 aliphatic carbocycles. The predicted molar refractivity (Wildman–Crippen MR) is 129 cm³/mol. The zero-order chi connectivity index (χ0) is 23.3. The van der Waals surface area contributed by atoms with Gasteiger partial charge in [0, 0.05) is 15.6 Å². The minimum absolute atomic E-state index is 0.558. The Morgan fingerprint density at radius 3 is 2.12 bits per heavy atom. The number of hydrogen-bond acceptors (Lipinski definition) is 5. The summed E-state index contributed by atoms with van der Waals surface area (Å²) in [6, 6.07) is 9.44. The predicted octanol–water partition coefficient (Wildman–Crippen LogP) is 6.56. The largest absolute Gasteiger partial charge is 0.493 e. The van der Waals surface area contributed by atoms with E-state index in [0.717, 1.165) is 54.4 Å². The maximum atomic E-state index is 10.7. The SMILES string of the molecule is C[Si](C)(C)OC(C#N)c1cc(Cl)cc2c1OCCC2.O=Cc1cc(Cl)cc2c1OCCC2. The summed E-state index contributed by atoms with van der Waals surface area (Å²) in [4.78, 5) is 10.7. The van der Waals surface area contributed by atoms with Crippen LogP contribution in [0.5, 0.6) is 11.5 Å². The Balaban J connectivity index is 0.000000193. The van der Waals surface area contributed by atoms with Gasteiger partial charge in [0.05, 0.1) is 24.8 Å². The van der Waals surface area contributed by atoms with Gasteiger partial charge >= 0.3 is 0 Å². The van der Waals surface area contributed by atoms with Gasteiger partial charge in [0.2, 0.25) is 0 Å². The highest BCUT2D eigenvalue weighted by molar-refractivity contribution is 6.69. The van der Waals surface area contributed by atoms with Crippen molar-refractivity contribution < 1.29 is 18.7 Å². The highest BCUT2D eigenvalue weighted by atomic mass is 35.5. The van der Waals surface area contributed by atoms with Crippen LogP contribution in [-0.2, 0) is 17.3 Å². The quantitative estimate of drug-likeness (QED) is 0.357. The van der Waals surface area contributed by atoms with Crippen molar-refractivity contribution in [3.63, 3.8) is 0 Å². The van der Waals surface area contributed by atoms with E-state index in [2.05, 4.69) is 25.7 Å². The van der Waals surface area contributed by atoms with Gasteiger partial charge in [0.15, 0.2) is 20.7 Å². The highest BCUT2D eigenvalue weighted by Crippen LogP contribution is 2.38. The van der Waals surface area contributed by atoms with E-state index >= 15 is 0 Å². The van der Waals surface area contributed by atoms with Crippen LogP contribution >= 0.6 is 23.2 Å². The second-order valence-electron chi connectivity index (χ2n) is 8.73. The third-order valence-corrected chi connectivity index (χ3v) is 6.37. The molecule has 1 atom stereocenters. The van der Waals surface area contributed by atoms with Crippen molar-refractivity contribution >= 4 is 37.8 Å². The molecule has 0 N–H and O–H groups in total. The second-order valence-corrected chi connectivity index (χ2v) is 14.1. The average Bonchev–Trinajstić information content (AvgIpc) is 2.76. The minimum atomic E-state index is -1.81. The fourth-order valence-electron chi connectivity index (χ4n) is 3.74. The summed E-state index contributed by atoms with van der Waals surface area (Å²) in [6.45, 7) is 7.57. The van der Waals surface area contributed by atoms with Gasteiger partial charge in [0.25, 0.3) is 0 Å². The van der Waals surface area contributed by atoms with Crippen molar-refractivity contribution in [1.82, 2.24) is 0 Å². The molecule has 0 bridgehead atoms. The van der Waals surface area contributed by atoms with Gasteiger partial charge in [-0.25, -0.2) is 0 Å². The molecule has 2 aliphatic rings. The van der Waals surface area contributed by atoms with Crippen LogP contribution in [0.3, 0.4) is 0 Å². The molecule has 32 heavy (non-hydrogen) atoms. The van der Waals surface area contributed by atoms with Gasteiger partial charge in [-0.2, -0.15) is 5.26 Å². The number of carbonyl (C=O) groups is 1. The first-order chi connectivity index (χ1) is 15.2. The summed E-state index contributed by atoms with van der Waals surface area (Å²) < 4.78 is 17.1. The first-order valence-electron chi connectivity index (χ1n) is 10.6. The van der Waals surface area contributed by atoms with Crippen LogP contribution in [0.25, 0.3) is 0 Å². The van der Waals surface area contributed by atoms with Gasteiger partial charge < -0.3 is 13.9 Å². The lowest BCUT2D eigenvalue weighted by atomic mass is 10.00. The lowest BCUT2D eigenvalue weighted by Gasteiger charge is -2.26. The number of benzene rings is 2. The van der Waals surface area contributed by atoms with Crippen molar-refractivity contribution in [2.45, 2.75) is 51.4 Å². The summed E-state index contributed by atoms with van der Waals surface area (Å²) >= 11 is 12.0. The Hall–Kier alpha value is -2.04. The molecule has 4 rings (SSSR count). The zero-order valence-electron chi connectivity index (χ0n) is 18.5. The number of nitriles is 1. The lowest BCUT2D eigenvalue weighted by Crippen LogP contribution is -2.28. The monoisotopic (exact) mass is 491 g/mol. The van der Waals surface area contributed by atoms with Gasteiger partial charge in [-0.15, -0.1) is 0 Å². The highest BCUT2D eigenvalue weighted by Gasteiger charge is 2.27. The molecule has 0 aromatic heterocycles. The number of ether oxygens (including phenoxy) is 2. The molecule has 8 heteroatoms. The lowest BCUT2D eigenvalue weighted by molar-refractivity contribution is 0.111. The van der Waals surface area contributed by atoms with Crippen LogP contribution in [0, 0.1) is 11.3 Å². The first-order valence-corrected chi connectivity index (χ1v) is 14.8. The van der Waals surface area contributed by atoms with Crippen LogP contribution in [-0.4, -0.2) is 27.8 Å². The van der Waals surface area contributed by atoms with Crippen molar-refractivity contribution in [1.29, 1.82) is 5.26 Å². The smallest absolute Gasteiger partial charge is 0.186 e. The maximum absolute atomic E-state index is 10.7. The summed E-state index contributed by atoms with van der Waals surface area (Å²) in [5, 5.41) is 10.6. The summed E-state index contributed by atoms with van der Waals surface area (Å²) in [7, 11) is -1.81. The second kappa shape index (κ2) is 10.7. The van der Waals surface area contributed by atoms with E-state index in [9.17, 15) is 10.1 Å². The molecule has 0 amide bonds. The van der Waals surface area contributed by atoms with Crippen LogP contribution in [0.1, 0.15) is 46.0 Å². The van der Waals surface area contributed by atoms with Crippen molar-refractivity contribution in [3.05, 3.63) is 56.6 Å². The Morgan fingerprint density at radius 2 is 1.56 bits per heavy atom. The molecular formula is C24H27Cl2NO4Si. The number of fused-ring (bicyclic) bond motifs is 2. The average molecular weight is 492 g/mol. The Labute approximate surface area is 200 Å². The van der Waals surface area contributed by atoms with Crippen molar-refractivity contribution in [2.75, 3.05) is 13.2 Å². The zero-order valence-corrected chi connectivity index (χ0v) is 21.1. The van der Waals surface area contributed by atoms with Crippen LogP contribution < -0.4 is 9.47 Å². The van der Waals surface area contributed by atoms with E-state index in [1.54, 1.807) is 12.1 Å². The fourth-order valence-corrected chi connectivity index (χ4v) is 5.12. The van der Waals surface area contributed by atoms with Crippen LogP contribution in [0.15, 0.2) is 24.3 Å². The van der Waals surface area contributed by atoms with Gasteiger partial charge in [-0.05, 0) is 80.7 Å². The molecule has 5 nitrogen and oxygen atoms in total. The minimum Gasteiger partial charge on any atom is -0.493 e. The van der Waals surface area contributed by atoms with Crippen molar-refractivity contribution in [2.24, 2.45) is 0 Å². The number of nitrogens with zero attached hydrogens (tertiary/aromatic N) is 1. The number of aryl methyl sites for hydroxylation is 2. The molecular weight excluding hydrogens is 465 g/mol. The van der Waals surface area contributed by atoms with Crippen molar-refractivity contribution in [3.8, 4) is 17.6 Å².